The van der Waals surface area contributed by atoms with Crippen LogP contribution in [0.15, 0.2) is 12.4 Å². The van der Waals surface area contributed by atoms with E-state index in [4.69, 9.17) is 5.11 Å². The van der Waals surface area contributed by atoms with Gasteiger partial charge in [0, 0.05) is 19.4 Å². The van der Waals surface area contributed by atoms with E-state index in [9.17, 15) is 4.79 Å². The van der Waals surface area contributed by atoms with Crippen molar-refractivity contribution in [1.82, 2.24) is 14.5 Å². The number of aliphatic carboxylic acids is 1. The molecule has 0 fully saturated rings. The van der Waals surface area contributed by atoms with Gasteiger partial charge < -0.3 is 9.67 Å². The standard InChI is InChI=1S/C8H13N3O2/c1-10(6-8(12)13)5-7-9-3-4-11(7)2/h3-4H,5-6H2,1-2H3,(H,12,13). The van der Waals surface area contributed by atoms with Gasteiger partial charge in [-0.15, -0.1) is 0 Å². The fraction of sp³-hybridized carbons (Fsp3) is 0.500. The number of nitrogens with zero attached hydrogens (tertiary/aromatic N) is 3. The van der Waals surface area contributed by atoms with Crippen molar-refractivity contribution < 1.29 is 9.90 Å². The van der Waals surface area contributed by atoms with Crippen molar-refractivity contribution in [2.24, 2.45) is 7.05 Å². The van der Waals surface area contributed by atoms with E-state index in [1.165, 1.54) is 0 Å². The van der Waals surface area contributed by atoms with Gasteiger partial charge >= 0.3 is 5.97 Å². The topological polar surface area (TPSA) is 58.4 Å². The first kappa shape index (κ1) is 9.73. The minimum Gasteiger partial charge on any atom is -0.480 e. The van der Waals surface area contributed by atoms with Crippen molar-refractivity contribution in [3.63, 3.8) is 0 Å². The molecule has 1 aromatic heterocycles. The molecule has 0 unspecified atom stereocenters. The lowest BCUT2D eigenvalue weighted by Gasteiger charge is -2.12. The van der Waals surface area contributed by atoms with Gasteiger partial charge in [-0.1, -0.05) is 0 Å². The summed E-state index contributed by atoms with van der Waals surface area (Å²) in [7, 11) is 3.64. The Balaban J connectivity index is 2.49. The number of carboxylic acids is 1. The predicted molar refractivity (Wildman–Crippen MR) is 47.2 cm³/mol. The van der Waals surface area contributed by atoms with Crippen molar-refractivity contribution in [1.29, 1.82) is 0 Å². The number of hydrogen-bond acceptors (Lipinski definition) is 3. The zero-order chi connectivity index (χ0) is 9.84. The molecular formula is C8H13N3O2. The van der Waals surface area contributed by atoms with Crippen molar-refractivity contribution in [2.45, 2.75) is 6.54 Å². The summed E-state index contributed by atoms with van der Waals surface area (Å²) in [4.78, 5) is 16.1. The van der Waals surface area contributed by atoms with Crippen LogP contribution >= 0.6 is 0 Å². The van der Waals surface area contributed by atoms with Gasteiger partial charge in [0.2, 0.25) is 0 Å². The average Bonchev–Trinajstić information content (AvgIpc) is 2.34. The molecule has 1 N–H and O–H groups in total. The highest BCUT2D eigenvalue weighted by atomic mass is 16.4. The fourth-order valence-corrected chi connectivity index (χ4v) is 1.08. The summed E-state index contributed by atoms with van der Waals surface area (Å²) in [6.07, 6.45) is 3.54. The van der Waals surface area contributed by atoms with Gasteiger partial charge in [0.25, 0.3) is 0 Å². The van der Waals surface area contributed by atoms with Crippen LogP contribution < -0.4 is 0 Å². The maximum absolute atomic E-state index is 10.4. The van der Waals surface area contributed by atoms with Crippen LogP contribution in [0.25, 0.3) is 0 Å². The van der Waals surface area contributed by atoms with E-state index in [-0.39, 0.29) is 6.54 Å². The Labute approximate surface area is 76.6 Å². The molecule has 0 spiro atoms. The van der Waals surface area contributed by atoms with Gasteiger partial charge in [0.05, 0.1) is 13.1 Å². The van der Waals surface area contributed by atoms with Gasteiger partial charge in [0.15, 0.2) is 0 Å². The van der Waals surface area contributed by atoms with E-state index in [1.54, 1.807) is 18.1 Å². The highest BCUT2D eigenvalue weighted by Crippen LogP contribution is 1.98. The molecule has 1 heterocycles. The van der Waals surface area contributed by atoms with Crippen molar-refractivity contribution >= 4 is 5.97 Å². The Morgan fingerprint density at radius 1 is 1.77 bits per heavy atom. The Bertz CT molecular complexity index is 295. The Kier molecular flexibility index (Phi) is 3.02. The molecule has 1 rings (SSSR count). The van der Waals surface area contributed by atoms with E-state index in [2.05, 4.69) is 4.98 Å². The Hall–Kier alpha value is -1.36. The van der Waals surface area contributed by atoms with Gasteiger partial charge in [-0.3, -0.25) is 9.69 Å². The van der Waals surface area contributed by atoms with Gasteiger partial charge in [-0.05, 0) is 7.05 Å². The largest absolute Gasteiger partial charge is 0.480 e. The van der Waals surface area contributed by atoms with Crippen molar-refractivity contribution in [3.8, 4) is 0 Å². The molecule has 0 bridgehead atoms. The summed E-state index contributed by atoms with van der Waals surface area (Å²) >= 11 is 0. The summed E-state index contributed by atoms with van der Waals surface area (Å²) < 4.78 is 1.87. The summed E-state index contributed by atoms with van der Waals surface area (Å²) in [6.45, 7) is 0.586. The number of aryl methyl sites for hydroxylation is 1. The van der Waals surface area contributed by atoms with E-state index >= 15 is 0 Å². The normalized spacial score (nSPS) is 10.7. The van der Waals surface area contributed by atoms with E-state index in [0.717, 1.165) is 5.82 Å². The lowest BCUT2D eigenvalue weighted by atomic mass is 10.5. The molecule has 0 aliphatic carbocycles. The molecule has 0 atom stereocenters. The second kappa shape index (κ2) is 4.04. The minimum atomic E-state index is -0.822. The van der Waals surface area contributed by atoms with Crippen LogP contribution in [0.5, 0.6) is 0 Å². The second-order valence-corrected chi connectivity index (χ2v) is 3.02. The lowest BCUT2D eigenvalue weighted by Crippen LogP contribution is -2.26. The monoisotopic (exact) mass is 183 g/mol. The number of aromatic nitrogens is 2. The number of hydrogen-bond donors (Lipinski definition) is 1. The SMILES string of the molecule is CN(CC(=O)O)Cc1nccn1C. The molecule has 5 heteroatoms. The van der Waals surface area contributed by atoms with Crippen LogP contribution in [0.2, 0.25) is 0 Å². The molecule has 13 heavy (non-hydrogen) atoms. The van der Waals surface area contributed by atoms with E-state index in [1.807, 2.05) is 17.8 Å². The summed E-state index contributed by atoms with van der Waals surface area (Å²) in [5.41, 5.74) is 0. The first-order valence-corrected chi connectivity index (χ1v) is 3.96. The maximum Gasteiger partial charge on any atom is 0.317 e. The summed E-state index contributed by atoms with van der Waals surface area (Å²) in [5.74, 6) is 0.0421. The average molecular weight is 183 g/mol. The lowest BCUT2D eigenvalue weighted by molar-refractivity contribution is -0.138. The van der Waals surface area contributed by atoms with E-state index < -0.39 is 5.97 Å². The third kappa shape index (κ3) is 2.87. The Morgan fingerprint density at radius 3 is 2.92 bits per heavy atom. The molecule has 0 aromatic carbocycles. The second-order valence-electron chi connectivity index (χ2n) is 3.02. The van der Waals surface area contributed by atoms with Gasteiger partial charge in [0.1, 0.15) is 5.82 Å². The first-order valence-electron chi connectivity index (χ1n) is 3.96. The molecule has 0 aliphatic heterocycles. The number of rotatable bonds is 4. The Morgan fingerprint density at radius 2 is 2.46 bits per heavy atom. The highest BCUT2D eigenvalue weighted by molar-refractivity contribution is 5.68. The van der Waals surface area contributed by atoms with Crippen molar-refractivity contribution in [3.05, 3.63) is 18.2 Å². The first-order chi connectivity index (χ1) is 6.09. The molecular weight excluding hydrogens is 170 g/mol. The number of carbonyl (C=O) groups is 1. The number of likely N-dealkylation sites (N-methyl/N-ethyl adjacent to an activating group) is 1. The van der Waals surface area contributed by atoms with Gasteiger partial charge in [-0.25, -0.2) is 4.98 Å². The van der Waals surface area contributed by atoms with Crippen LogP contribution in [0.3, 0.4) is 0 Å². The molecule has 0 saturated heterocycles. The summed E-state index contributed by atoms with van der Waals surface area (Å²) in [6, 6.07) is 0. The van der Waals surface area contributed by atoms with Crippen molar-refractivity contribution in [2.75, 3.05) is 13.6 Å². The maximum atomic E-state index is 10.4. The van der Waals surface area contributed by atoms with Crippen LogP contribution in [0.4, 0.5) is 0 Å². The van der Waals surface area contributed by atoms with E-state index in [0.29, 0.717) is 6.54 Å². The molecule has 72 valence electrons. The van der Waals surface area contributed by atoms with Crippen LogP contribution in [-0.4, -0.2) is 39.1 Å². The van der Waals surface area contributed by atoms with Crippen LogP contribution in [0.1, 0.15) is 5.82 Å². The number of imidazole rings is 1. The number of carboxylic acid groups (broad SMARTS) is 1. The fourth-order valence-electron chi connectivity index (χ4n) is 1.08. The summed E-state index contributed by atoms with van der Waals surface area (Å²) in [5, 5.41) is 8.51. The quantitative estimate of drug-likeness (QED) is 0.710. The predicted octanol–water partition coefficient (Wildman–Crippen LogP) is -0.0635. The van der Waals surface area contributed by atoms with Gasteiger partial charge in [-0.2, -0.15) is 0 Å². The zero-order valence-corrected chi connectivity index (χ0v) is 7.77. The third-order valence-electron chi connectivity index (χ3n) is 1.74. The molecule has 0 radical (unpaired) electrons. The molecule has 1 aromatic rings. The van der Waals surface area contributed by atoms with Crippen LogP contribution in [0, 0.1) is 0 Å². The third-order valence-corrected chi connectivity index (χ3v) is 1.74. The molecule has 0 aliphatic rings. The molecule has 0 amide bonds. The van der Waals surface area contributed by atoms with Crippen LogP contribution in [-0.2, 0) is 18.4 Å². The smallest absolute Gasteiger partial charge is 0.317 e. The zero-order valence-electron chi connectivity index (χ0n) is 7.77. The molecule has 0 saturated carbocycles. The minimum absolute atomic E-state index is 0.0346. The highest BCUT2D eigenvalue weighted by Gasteiger charge is 2.07. The molecule has 5 nitrogen and oxygen atoms in total.